The second-order valence-electron chi connectivity index (χ2n) is 15.1. The Morgan fingerprint density at radius 1 is 0.865 bits per heavy atom. The summed E-state index contributed by atoms with van der Waals surface area (Å²) in [5.74, 6) is -2.09. The van der Waals surface area contributed by atoms with E-state index in [-0.39, 0.29) is 11.0 Å². The highest BCUT2D eigenvalue weighted by Gasteiger charge is 2.45. The first-order chi connectivity index (χ1) is 24.7. The number of hydrogen-bond acceptors (Lipinski definition) is 5. The molecular weight excluding hydrogens is 647 g/mol. The maximum Gasteiger partial charge on any atom is 0.335 e. The molecule has 0 aromatic heterocycles. The van der Waals surface area contributed by atoms with Crippen molar-refractivity contribution in [2.24, 2.45) is 0 Å². The van der Waals surface area contributed by atoms with Crippen LogP contribution in [0.15, 0.2) is 126 Å². The van der Waals surface area contributed by atoms with Gasteiger partial charge in [0, 0.05) is 59.5 Å². The molecule has 0 fully saturated rings. The van der Waals surface area contributed by atoms with Crippen molar-refractivity contribution in [2.45, 2.75) is 64.7 Å². The molecule has 7 nitrogen and oxygen atoms in total. The number of carboxylic acid groups (broad SMARTS) is 2. The standard InChI is InChI=1S/C45H45N3O4/c1-28-16-17-31(20-23-40-44(3,4)36-25-32(42(49)50)18-21-38(36)47(40)7)41(28)48(34-13-9-8-10-14-34)35-15-11-12-30(24-35)27-45(5)29(2)46(6)39-22-19-33(43(51)52)26-37(39)45/h8-15,18-26H,16-17,27H2,1-7H3,(H-,49,50,51,52)/b31-20+,40-23+. The van der Waals surface area contributed by atoms with E-state index in [9.17, 15) is 19.8 Å². The maximum absolute atomic E-state index is 11.9. The van der Waals surface area contributed by atoms with E-state index in [1.807, 2.05) is 31.3 Å². The molecule has 1 aliphatic carbocycles. The van der Waals surface area contributed by atoms with Crippen LogP contribution in [0.3, 0.4) is 0 Å². The van der Waals surface area contributed by atoms with E-state index in [1.54, 1.807) is 18.2 Å². The van der Waals surface area contributed by atoms with Crippen LogP contribution in [0.1, 0.15) is 84.9 Å². The van der Waals surface area contributed by atoms with Crippen LogP contribution in [0.25, 0.3) is 0 Å². The Hall–Kier alpha value is -5.69. The van der Waals surface area contributed by atoms with E-state index in [2.05, 4.69) is 117 Å². The van der Waals surface area contributed by atoms with Crippen LogP contribution in [0.2, 0.25) is 0 Å². The maximum atomic E-state index is 11.9. The normalized spacial score (nSPS) is 20.6. The molecule has 4 aromatic rings. The summed E-state index contributed by atoms with van der Waals surface area (Å²) < 4.78 is 2.17. The highest BCUT2D eigenvalue weighted by Crippen LogP contribution is 2.48. The van der Waals surface area contributed by atoms with Crippen molar-refractivity contribution in [2.75, 3.05) is 23.9 Å². The minimum Gasteiger partial charge on any atom is -0.545 e. The molecule has 3 aliphatic rings. The van der Waals surface area contributed by atoms with E-state index < -0.39 is 17.4 Å². The lowest BCUT2D eigenvalue weighted by Gasteiger charge is -2.30. The van der Waals surface area contributed by atoms with Gasteiger partial charge in [0.2, 0.25) is 5.69 Å². The van der Waals surface area contributed by atoms with Gasteiger partial charge in [0.15, 0.2) is 5.71 Å². The fourth-order valence-corrected chi connectivity index (χ4v) is 8.54. The Morgan fingerprint density at radius 3 is 2.27 bits per heavy atom. The van der Waals surface area contributed by atoms with Gasteiger partial charge in [0.05, 0.1) is 16.9 Å². The molecule has 0 radical (unpaired) electrons. The molecule has 1 N–H and O–H groups in total. The number of carbonyl (C=O) groups is 2. The number of benzene rings is 4. The number of hydrogen-bond donors (Lipinski definition) is 1. The van der Waals surface area contributed by atoms with Gasteiger partial charge in [-0.1, -0.05) is 50.3 Å². The third kappa shape index (κ3) is 5.65. The van der Waals surface area contributed by atoms with Crippen molar-refractivity contribution in [1.82, 2.24) is 0 Å². The van der Waals surface area contributed by atoms with Gasteiger partial charge in [0.25, 0.3) is 0 Å². The lowest BCUT2D eigenvalue weighted by Crippen LogP contribution is -2.32. The summed E-state index contributed by atoms with van der Waals surface area (Å²) in [6, 6.07) is 29.9. The zero-order chi connectivity index (χ0) is 37.1. The van der Waals surface area contributed by atoms with Crippen LogP contribution in [-0.2, 0) is 17.3 Å². The Kier molecular flexibility index (Phi) is 8.56. The molecule has 7 rings (SSSR count). The van der Waals surface area contributed by atoms with E-state index in [4.69, 9.17) is 0 Å². The quantitative estimate of drug-likeness (QED) is 0.187. The van der Waals surface area contributed by atoms with Crippen LogP contribution in [-0.4, -0.2) is 41.4 Å². The number of nitrogens with zero attached hydrogens (tertiary/aromatic N) is 3. The van der Waals surface area contributed by atoms with E-state index in [0.717, 1.165) is 63.7 Å². The van der Waals surface area contributed by atoms with Gasteiger partial charge in [0.1, 0.15) is 7.05 Å². The highest BCUT2D eigenvalue weighted by atomic mass is 16.4. The molecule has 52 heavy (non-hydrogen) atoms. The second kappa shape index (κ2) is 12.8. The SMILES string of the molecule is CC1=C(N(c2ccccc2)c2cccc(CC3(C)C(C)=[N+](C)c4ccc(C(=O)[O-])cc43)c2)/C(=C/C=C2/N(C)c3ccc(C(=O)O)cc3C2(C)C)CC1. The average molecular weight is 692 g/mol. The third-order valence-electron chi connectivity index (χ3n) is 11.7. The van der Waals surface area contributed by atoms with Gasteiger partial charge in [-0.05, 0) is 122 Å². The first-order valence-corrected chi connectivity index (χ1v) is 17.8. The number of carboxylic acids is 2. The largest absolute Gasteiger partial charge is 0.545 e. The number of allylic oxidation sites excluding steroid dienone is 5. The predicted molar refractivity (Wildman–Crippen MR) is 206 cm³/mol. The summed E-state index contributed by atoms with van der Waals surface area (Å²) in [5, 5.41) is 21.5. The van der Waals surface area contributed by atoms with E-state index in [1.165, 1.54) is 16.8 Å². The summed E-state index contributed by atoms with van der Waals surface area (Å²) >= 11 is 0. The zero-order valence-corrected chi connectivity index (χ0v) is 30.9. The second-order valence-corrected chi connectivity index (χ2v) is 15.1. The highest BCUT2D eigenvalue weighted by molar-refractivity contribution is 5.96. The van der Waals surface area contributed by atoms with Crippen molar-refractivity contribution >= 4 is 40.4 Å². The van der Waals surface area contributed by atoms with Gasteiger partial charge >= 0.3 is 5.97 Å². The molecule has 1 unspecified atom stereocenters. The molecular formula is C45H45N3O4. The van der Waals surface area contributed by atoms with Crippen LogP contribution < -0.4 is 14.9 Å². The molecule has 0 saturated heterocycles. The molecule has 0 spiro atoms. The molecule has 4 aromatic carbocycles. The first-order valence-electron chi connectivity index (χ1n) is 17.8. The van der Waals surface area contributed by atoms with Crippen LogP contribution in [0, 0.1) is 0 Å². The minimum atomic E-state index is -1.17. The fraction of sp³-hybridized carbons (Fsp3) is 0.267. The van der Waals surface area contributed by atoms with Gasteiger partial charge in [-0.25, -0.2) is 9.37 Å². The molecule has 264 valence electrons. The number of aromatic carboxylic acids is 2. The van der Waals surface area contributed by atoms with Crippen molar-refractivity contribution in [3.63, 3.8) is 0 Å². The summed E-state index contributed by atoms with van der Waals surface area (Å²) in [6.45, 7) is 10.9. The number of anilines is 3. The molecule has 2 heterocycles. The van der Waals surface area contributed by atoms with E-state index in [0.29, 0.717) is 12.0 Å². The zero-order valence-electron chi connectivity index (χ0n) is 30.9. The topological polar surface area (TPSA) is 86.9 Å². The first kappa shape index (κ1) is 34.7. The summed E-state index contributed by atoms with van der Waals surface area (Å²) in [7, 11) is 4.09. The number of carbonyl (C=O) groups excluding carboxylic acids is 1. The smallest absolute Gasteiger partial charge is 0.335 e. The fourth-order valence-electron chi connectivity index (χ4n) is 8.54. The summed E-state index contributed by atoms with van der Waals surface area (Å²) in [6.07, 6.45) is 7.02. The summed E-state index contributed by atoms with van der Waals surface area (Å²) in [5.41, 5.74) is 13.0. The number of para-hydroxylation sites is 1. The molecule has 0 saturated carbocycles. The van der Waals surface area contributed by atoms with Gasteiger partial charge in [-0.3, -0.25) is 0 Å². The third-order valence-corrected chi connectivity index (χ3v) is 11.7. The van der Waals surface area contributed by atoms with Gasteiger partial charge < -0.3 is 24.8 Å². The molecule has 0 amide bonds. The lowest BCUT2D eigenvalue weighted by molar-refractivity contribution is -0.403. The predicted octanol–water partition coefficient (Wildman–Crippen LogP) is 8.44. The molecule has 2 aliphatic heterocycles. The van der Waals surface area contributed by atoms with Crippen LogP contribution in [0.4, 0.5) is 22.7 Å². The van der Waals surface area contributed by atoms with Crippen molar-refractivity contribution in [3.8, 4) is 0 Å². The monoisotopic (exact) mass is 691 g/mol. The van der Waals surface area contributed by atoms with Crippen LogP contribution in [0.5, 0.6) is 0 Å². The summed E-state index contributed by atoms with van der Waals surface area (Å²) in [4.78, 5) is 28.2. The Labute approximate surface area is 306 Å². The Bertz CT molecular complexity index is 2280. The lowest BCUT2D eigenvalue weighted by atomic mass is 9.75. The average Bonchev–Trinajstić information content (AvgIpc) is 3.64. The molecule has 7 heteroatoms. The van der Waals surface area contributed by atoms with E-state index >= 15 is 0 Å². The van der Waals surface area contributed by atoms with Crippen molar-refractivity contribution in [3.05, 3.63) is 154 Å². The minimum absolute atomic E-state index is 0.191. The van der Waals surface area contributed by atoms with Gasteiger partial charge in [-0.15, -0.1) is 0 Å². The van der Waals surface area contributed by atoms with Crippen molar-refractivity contribution < 1.29 is 24.4 Å². The number of rotatable bonds is 8. The van der Waals surface area contributed by atoms with Crippen molar-refractivity contribution in [1.29, 1.82) is 0 Å². The Balaban J connectivity index is 1.28. The number of likely N-dealkylation sites (N-methyl/N-ethyl adjacent to an activating group) is 1. The number of fused-ring (bicyclic) bond motifs is 2. The Morgan fingerprint density at radius 2 is 1.56 bits per heavy atom. The molecule has 0 bridgehead atoms. The van der Waals surface area contributed by atoms with Crippen LogP contribution >= 0.6 is 0 Å². The molecule has 1 atom stereocenters. The van der Waals surface area contributed by atoms with Gasteiger partial charge in [-0.2, -0.15) is 0 Å².